The second-order valence-corrected chi connectivity index (χ2v) is 6.10. The minimum absolute atomic E-state index is 0.157. The van der Waals surface area contributed by atoms with Gasteiger partial charge in [-0.3, -0.25) is 4.79 Å². The number of rotatable bonds is 4. The number of hydrogen-bond donors (Lipinski definition) is 2. The molecule has 7 heteroatoms. The molecular weight excluding hydrogens is 322 g/mol. The van der Waals surface area contributed by atoms with Crippen LogP contribution in [0.3, 0.4) is 0 Å². The smallest absolute Gasteiger partial charge is 0.259 e. The van der Waals surface area contributed by atoms with Crippen LogP contribution in [0.15, 0.2) is 47.6 Å². The number of fused-ring (bicyclic) bond motifs is 1. The average Bonchev–Trinajstić information content (AvgIpc) is 3.32. The number of nitrogens with one attached hydrogen (secondary N) is 2. The first-order chi connectivity index (χ1) is 11.8. The Balaban J connectivity index is 1.69. The van der Waals surface area contributed by atoms with Crippen LogP contribution in [0.4, 0.5) is 11.6 Å². The van der Waals surface area contributed by atoms with Crippen LogP contribution in [-0.2, 0) is 11.3 Å². The standard InChI is InChI=1S/C17H15N5OS/c1-2-22-15(3-5-20-22)18-9-14-13-7-12(11-4-6-24-10-11)8-19-16(13)21-17(14)23/h3-10,18H,2H2,1H3,(H,19,21,23)/b14-9-. The van der Waals surface area contributed by atoms with Crippen molar-refractivity contribution in [1.29, 1.82) is 0 Å². The van der Waals surface area contributed by atoms with Crippen LogP contribution >= 0.6 is 11.3 Å². The largest absolute Gasteiger partial charge is 0.346 e. The summed E-state index contributed by atoms with van der Waals surface area (Å²) in [6.45, 7) is 2.77. The molecule has 0 saturated heterocycles. The van der Waals surface area contributed by atoms with Gasteiger partial charge in [0.1, 0.15) is 11.6 Å². The minimum atomic E-state index is -0.157. The van der Waals surface area contributed by atoms with E-state index < -0.39 is 0 Å². The Bertz CT molecular complexity index is 926. The molecule has 1 aliphatic heterocycles. The summed E-state index contributed by atoms with van der Waals surface area (Å²) >= 11 is 1.63. The summed E-state index contributed by atoms with van der Waals surface area (Å²) in [4.78, 5) is 16.6. The first kappa shape index (κ1) is 14.6. The van der Waals surface area contributed by atoms with E-state index in [2.05, 4.69) is 26.1 Å². The highest BCUT2D eigenvalue weighted by Crippen LogP contribution is 2.33. The molecule has 0 saturated carbocycles. The van der Waals surface area contributed by atoms with Crippen LogP contribution in [0.25, 0.3) is 16.7 Å². The molecule has 4 rings (SSSR count). The van der Waals surface area contributed by atoms with E-state index in [0.29, 0.717) is 11.4 Å². The van der Waals surface area contributed by atoms with Crippen LogP contribution in [0.5, 0.6) is 0 Å². The molecule has 4 heterocycles. The van der Waals surface area contributed by atoms with Crippen molar-refractivity contribution in [1.82, 2.24) is 14.8 Å². The molecule has 3 aromatic heterocycles. The molecule has 0 bridgehead atoms. The molecule has 6 nitrogen and oxygen atoms in total. The minimum Gasteiger partial charge on any atom is -0.346 e. The lowest BCUT2D eigenvalue weighted by molar-refractivity contribution is -0.110. The molecule has 1 aliphatic rings. The SMILES string of the molecule is CCn1nccc1N/C=C1\C(=O)Nc2ncc(-c3ccsc3)cc21. The van der Waals surface area contributed by atoms with E-state index in [9.17, 15) is 4.79 Å². The predicted octanol–water partition coefficient (Wildman–Crippen LogP) is 3.43. The molecule has 0 unspecified atom stereocenters. The summed E-state index contributed by atoms with van der Waals surface area (Å²) < 4.78 is 1.82. The maximum absolute atomic E-state index is 12.3. The molecule has 24 heavy (non-hydrogen) atoms. The van der Waals surface area contributed by atoms with Crippen molar-refractivity contribution in [3.05, 3.63) is 53.1 Å². The molecule has 0 atom stereocenters. The Morgan fingerprint density at radius 2 is 2.29 bits per heavy atom. The lowest BCUT2D eigenvalue weighted by atomic mass is 10.1. The van der Waals surface area contributed by atoms with Gasteiger partial charge in [0.15, 0.2) is 0 Å². The number of carbonyl (C=O) groups is 1. The molecule has 0 radical (unpaired) electrons. The Labute approximate surface area is 142 Å². The molecule has 0 spiro atoms. The van der Waals surface area contributed by atoms with E-state index in [-0.39, 0.29) is 5.91 Å². The highest BCUT2D eigenvalue weighted by atomic mass is 32.1. The Morgan fingerprint density at radius 3 is 3.08 bits per heavy atom. The maximum Gasteiger partial charge on any atom is 0.259 e. The lowest BCUT2D eigenvalue weighted by Crippen LogP contribution is -2.07. The van der Waals surface area contributed by atoms with Gasteiger partial charge in [0, 0.05) is 36.1 Å². The molecule has 0 fully saturated rings. The van der Waals surface area contributed by atoms with Gasteiger partial charge >= 0.3 is 0 Å². The topological polar surface area (TPSA) is 71.8 Å². The van der Waals surface area contributed by atoms with Crippen molar-refractivity contribution >= 4 is 34.5 Å². The van der Waals surface area contributed by atoms with Crippen molar-refractivity contribution < 1.29 is 4.79 Å². The van der Waals surface area contributed by atoms with Crippen LogP contribution < -0.4 is 10.6 Å². The lowest BCUT2D eigenvalue weighted by Gasteiger charge is -2.05. The van der Waals surface area contributed by atoms with Gasteiger partial charge in [-0.15, -0.1) is 0 Å². The number of aryl methyl sites for hydroxylation is 1. The first-order valence-corrected chi connectivity index (χ1v) is 8.53. The Morgan fingerprint density at radius 1 is 1.38 bits per heavy atom. The van der Waals surface area contributed by atoms with E-state index in [4.69, 9.17) is 0 Å². The van der Waals surface area contributed by atoms with Crippen molar-refractivity contribution in [3.8, 4) is 11.1 Å². The highest BCUT2D eigenvalue weighted by Gasteiger charge is 2.26. The van der Waals surface area contributed by atoms with Crippen molar-refractivity contribution in [2.45, 2.75) is 13.5 Å². The maximum atomic E-state index is 12.3. The van der Waals surface area contributed by atoms with Gasteiger partial charge < -0.3 is 10.6 Å². The quantitative estimate of drug-likeness (QED) is 0.716. The molecule has 120 valence electrons. The summed E-state index contributed by atoms with van der Waals surface area (Å²) in [6.07, 6.45) is 5.22. The summed E-state index contributed by atoms with van der Waals surface area (Å²) in [7, 11) is 0. The van der Waals surface area contributed by atoms with Gasteiger partial charge in [0.2, 0.25) is 0 Å². The van der Waals surface area contributed by atoms with Gasteiger partial charge in [-0.1, -0.05) is 0 Å². The third-order valence-electron chi connectivity index (χ3n) is 3.89. The van der Waals surface area contributed by atoms with E-state index in [0.717, 1.165) is 29.1 Å². The van der Waals surface area contributed by atoms with E-state index in [1.165, 1.54) is 0 Å². The third kappa shape index (κ3) is 2.48. The van der Waals surface area contributed by atoms with Gasteiger partial charge in [-0.25, -0.2) is 9.67 Å². The zero-order valence-corrected chi connectivity index (χ0v) is 13.8. The number of hydrogen-bond acceptors (Lipinski definition) is 5. The number of carbonyl (C=O) groups excluding carboxylic acids is 1. The normalized spacial score (nSPS) is 14.7. The van der Waals surface area contributed by atoms with E-state index in [1.807, 2.05) is 35.2 Å². The fourth-order valence-electron chi connectivity index (χ4n) is 2.65. The fraction of sp³-hybridized carbons (Fsp3) is 0.118. The van der Waals surface area contributed by atoms with Crippen molar-refractivity contribution in [2.75, 3.05) is 10.6 Å². The van der Waals surface area contributed by atoms with Gasteiger partial charge in [-0.05, 0) is 35.4 Å². The molecule has 3 aromatic rings. The fourth-order valence-corrected chi connectivity index (χ4v) is 3.32. The molecule has 2 N–H and O–H groups in total. The third-order valence-corrected chi connectivity index (χ3v) is 4.57. The van der Waals surface area contributed by atoms with E-state index >= 15 is 0 Å². The Kier molecular flexibility index (Phi) is 3.62. The number of pyridine rings is 1. The number of aromatic nitrogens is 3. The first-order valence-electron chi connectivity index (χ1n) is 7.59. The number of nitrogens with zero attached hydrogens (tertiary/aromatic N) is 3. The monoisotopic (exact) mass is 337 g/mol. The summed E-state index contributed by atoms with van der Waals surface area (Å²) in [5, 5.41) is 14.3. The summed E-state index contributed by atoms with van der Waals surface area (Å²) in [6, 6.07) is 5.90. The van der Waals surface area contributed by atoms with E-state index in [1.54, 1.807) is 29.9 Å². The van der Waals surface area contributed by atoms with Crippen LogP contribution in [0.1, 0.15) is 12.5 Å². The molecule has 1 amide bonds. The number of thiophene rings is 1. The van der Waals surface area contributed by atoms with Gasteiger partial charge in [0.05, 0.1) is 11.8 Å². The second kappa shape index (κ2) is 5.93. The van der Waals surface area contributed by atoms with Crippen LogP contribution in [0.2, 0.25) is 0 Å². The summed E-state index contributed by atoms with van der Waals surface area (Å²) in [5.74, 6) is 1.28. The molecular formula is C17H15N5OS. The number of anilines is 2. The van der Waals surface area contributed by atoms with Gasteiger partial charge in [0.25, 0.3) is 5.91 Å². The molecule has 0 aromatic carbocycles. The number of amides is 1. The average molecular weight is 337 g/mol. The highest BCUT2D eigenvalue weighted by molar-refractivity contribution is 7.08. The second-order valence-electron chi connectivity index (χ2n) is 5.32. The van der Waals surface area contributed by atoms with Crippen molar-refractivity contribution in [2.24, 2.45) is 0 Å². The van der Waals surface area contributed by atoms with Crippen LogP contribution in [0, 0.1) is 0 Å². The van der Waals surface area contributed by atoms with Crippen LogP contribution in [-0.4, -0.2) is 20.7 Å². The zero-order chi connectivity index (χ0) is 16.5. The zero-order valence-electron chi connectivity index (χ0n) is 13.0. The van der Waals surface area contributed by atoms with Gasteiger partial charge in [-0.2, -0.15) is 16.4 Å². The Hall–Kier alpha value is -2.93. The van der Waals surface area contributed by atoms with Crippen molar-refractivity contribution in [3.63, 3.8) is 0 Å². The summed E-state index contributed by atoms with van der Waals surface area (Å²) in [5.41, 5.74) is 3.47. The molecule has 0 aliphatic carbocycles. The predicted molar refractivity (Wildman–Crippen MR) is 95.7 cm³/mol.